The number of amides is 1. The van der Waals surface area contributed by atoms with Gasteiger partial charge in [-0.25, -0.2) is 4.79 Å². The van der Waals surface area contributed by atoms with E-state index < -0.39 is 6.09 Å². The molecule has 1 amide bonds. The third kappa shape index (κ3) is 4.11. The molecule has 0 fully saturated rings. The van der Waals surface area contributed by atoms with E-state index in [1.165, 1.54) is 0 Å². The second kappa shape index (κ2) is 6.38. The molecule has 88 valence electrons. The minimum absolute atomic E-state index is 0.232. The fourth-order valence-corrected chi connectivity index (χ4v) is 1.55. The Kier molecular flexibility index (Phi) is 5.12. The summed E-state index contributed by atoms with van der Waals surface area (Å²) in [4.78, 5) is 11.1. The Labute approximate surface area is 101 Å². The van der Waals surface area contributed by atoms with E-state index in [-0.39, 0.29) is 5.38 Å². The summed E-state index contributed by atoms with van der Waals surface area (Å²) < 4.78 is 4.74. The van der Waals surface area contributed by atoms with Crippen LogP contribution in [-0.2, 0) is 4.74 Å². The first kappa shape index (κ1) is 12.8. The fraction of sp³-hybridized carbons (Fsp3) is 0.417. The van der Waals surface area contributed by atoms with Crippen molar-refractivity contribution >= 4 is 17.7 Å². The van der Waals surface area contributed by atoms with Crippen molar-refractivity contribution in [3.05, 3.63) is 35.4 Å². The summed E-state index contributed by atoms with van der Waals surface area (Å²) in [7, 11) is 0. The lowest BCUT2D eigenvalue weighted by Gasteiger charge is -2.11. The minimum Gasteiger partial charge on any atom is -0.450 e. The maximum absolute atomic E-state index is 11.1. The zero-order valence-electron chi connectivity index (χ0n) is 9.50. The number of halogens is 1. The summed E-state index contributed by atoms with van der Waals surface area (Å²) in [6, 6.07) is 7.90. The van der Waals surface area contributed by atoms with Crippen LogP contribution >= 0.6 is 11.6 Å². The normalized spacial score (nSPS) is 11.9. The van der Waals surface area contributed by atoms with Crippen molar-refractivity contribution in [2.75, 3.05) is 13.2 Å². The standard InChI is InChI=1S/C12H16ClNO2/c1-3-16-12(15)14-8-11(13)10-6-4-5-9(2)7-10/h4-7,11H,3,8H2,1-2H3,(H,14,15). The summed E-state index contributed by atoms with van der Waals surface area (Å²) >= 11 is 6.15. The average molecular weight is 242 g/mol. The van der Waals surface area contributed by atoms with E-state index in [0.717, 1.165) is 11.1 Å². The van der Waals surface area contributed by atoms with E-state index >= 15 is 0 Å². The van der Waals surface area contributed by atoms with Gasteiger partial charge >= 0.3 is 6.09 Å². The van der Waals surface area contributed by atoms with Crippen LogP contribution in [0.1, 0.15) is 23.4 Å². The Bertz CT molecular complexity index is 355. The number of ether oxygens (including phenoxy) is 1. The molecule has 0 heterocycles. The number of nitrogens with one attached hydrogen (secondary N) is 1. The van der Waals surface area contributed by atoms with Gasteiger partial charge in [-0.05, 0) is 19.4 Å². The Hall–Kier alpha value is -1.22. The largest absolute Gasteiger partial charge is 0.450 e. The smallest absolute Gasteiger partial charge is 0.407 e. The summed E-state index contributed by atoms with van der Waals surface area (Å²) in [6.45, 7) is 4.50. The molecule has 16 heavy (non-hydrogen) atoms. The van der Waals surface area contributed by atoms with Crippen LogP contribution in [0.15, 0.2) is 24.3 Å². The van der Waals surface area contributed by atoms with Gasteiger partial charge in [0, 0.05) is 6.54 Å². The first-order valence-corrected chi connectivity index (χ1v) is 5.68. The zero-order valence-corrected chi connectivity index (χ0v) is 10.3. The molecule has 0 aromatic heterocycles. The van der Waals surface area contributed by atoms with Crippen molar-refractivity contribution in [3.8, 4) is 0 Å². The highest BCUT2D eigenvalue weighted by Crippen LogP contribution is 2.20. The molecule has 1 N–H and O–H groups in total. The molecular formula is C12H16ClNO2. The van der Waals surface area contributed by atoms with Gasteiger partial charge in [0.25, 0.3) is 0 Å². The Balaban J connectivity index is 2.46. The Morgan fingerprint density at radius 1 is 1.56 bits per heavy atom. The topological polar surface area (TPSA) is 38.3 Å². The van der Waals surface area contributed by atoms with Crippen LogP contribution in [0.3, 0.4) is 0 Å². The third-order valence-electron chi connectivity index (χ3n) is 2.10. The number of carbonyl (C=O) groups is 1. The lowest BCUT2D eigenvalue weighted by Crippen LogP contribution is -2.27. The molecule has 3 nitrogen and oxygen atoms in total. The highest BCUT2D eigenvalue weighted by atomic mass is 35.5. The number of aryl methyl sites for hydroxylation is 1. The Morgan fingerprint density at radius 3 is 2.94 bits per heavy atom. The highest BCUT2D eigenvalue weighted by molar-refractivity contribution is 6.21. The van der Waals surface area contributed by atoms with E-state index in [0.29, 0.717) is 13.2 Å². The quantitative estimate of drug-likeness (QED) is 0.823. The predicted octanol–water partition coefficient (Wildman–Crippen LogP) is 3.02. The van der Waals surface area contributed by atoms with Crippen molar-refractivity contribution < 1.29 is 9.53 Å². The number of hydrogen-bond acceptors (Lipinski definition) is 2. The molecule has 4 heteroatoms. The summed E-state index contributed by atoms with van der Waals surface area (Å²) in [5, 5.41) is 2.38. The second-order valence-electron chi connectivity index (χ2n) is 3.48. The summed E-state index contributed by atoms with van der Waals surface area (Å²) in [5.74, 6) is 0. The number of hydrogen-bond donors (Lipinski definition) is 1. The molecule has 1 rings (SSSR count). The van der Waals surface area contributed by atoms with Crippen molar-refractivity contribution in [1.29, 1.82) is 0 Å². The number of carbonyl (C=O) groups excluding carboxylic acids is 1. The second-order valence-corrected chi connectivity index (χ2v) is 4.01. The van der Waals surface area contributed by atoms with Crippen molar-refractivity contribution in [2.45, 2.75) is 19.2 Å². The third-order valence-corrected chi connectivity index (χ3v) is 2.51. The van der Waals surface area contributed by atoms with E-state index in [1.807, 2.05) is 31.2 Å². The van der Waals surface area contributed by atoms with Crippen molar-refractivity contribution in [2.24, 2.45) is 0 Å². The van der Waals surface area contributed by atoms with Gasteiger partial charge in [0.05, 0.1) is 12.0 Å². The molecule has 1 atom stereocenters. The summed E-state index contributed by atoms with van der Waals surface area (Å²) in [5.41, 5.74) is 2.15. The van der Waals surface area contributed by atoms with Gasteiger partial charge in [-0.2, -0.15) is 0 Å². The number of alkyl halides is 1. The van der Waals surface area contributed by atoms with Crippen LogP contribution in [0.2, 0.25) is 0 Å². The number of rotatable bonds is 4. The van der Waals surface area contributed by atoms with Gasteiger partial charge in [-0.15, -0.1) is 11.6 Å². The minimum atomic E-state index is -0.430. The lowest BCUT2D eigenvalue weighted by molar-refractivity contribution is 0.152. The van der Waals surface area contributed by atoms with Crippen molar-refractivity contribution in [3.63, 3.8) is 0 Å². The van der Waals surface area contributed by atoms with Gasteiger partial charge in [0.15, 0.2) is 0 Å². The SMILES string of the molecule is CCOC(=O)NCC(Cl)c1cccc(C)c1. The fourth-order valence-electron chi connectivity index (χ4n) is 1.34. The first-order chi connectivity index (χ1) is 7.63. The van der Waals surface area contributed by atoms with Gasteiger partial charge in [-0.1, -0.05) is 29.8 Å². The molecule has 0 spiro atoms. The molecule has 1 unspecified atom stereocenters. The molecule has 0 aliphatic heterocycles. The van der Waals surface area contributed by atoms with Crippen LogP contribution < -0.4 is 5.32 Å². The summed E-state index contributed by atoms with van der Waals surface area (Å²) in [6.07, 6.45) is -0.430. The van der Waals surface area contributed by atoms with Crippen LogP contribution in [0.5, 0.6) is 0 Å². The van der Waals surface area contributed by atoms with Gasteiger partial charge in [-0.3, -0.25) is 0 Å². The number of alkyl carbamates (subject to hydrolysis) is 1. The van der Waals surface area contributed by atoms with Crippen LogP contribution in [0.4, 0.5) is 4.79 Å². The lowest BCUT2D eigenvalue weighted by atomic mass is 10.1. The van der Waals surface area contributed by atoms with Crippen molar-refractivity contribution in [1.82, 2.24) is 5.32 Å². The number of benzene rings is 1. The maximum Gasteiger partial charge on any atom is 0.407 e. The average Bonchev–Trinajstić information content (AvgIpc) is 2.26. The van der Waals surface area contributed by atoms with Crippen LogP contribution in [-0.4, -0.2) is 19.2 Å². The zero-order chi connectivity index (χ0) is 12.0. The van der Waals surface area contributed by atoms with Crippen LogP contribution in [0.25, 0.3) is 0 Å². The van der Waals surface area contributed by atoms with Crippen LogP contribution in [0, 0.1) is 6.92 Å². The molecule has 1 aromatic carbocycles. The Morgan fingerprint density at radius 2 is 2.31 bits per heavy atom. The molecule has 0 saturated carbocycles. The molecular weight excluding hydrogens is 226 g/mol. The van der Waals surface area contributed by atoms with E-state index in [9.17, 15) is 4.79 Å². The monoisotopic (exact) mass is 241 g/mol. The molecule has 0 aliphatic rings. The molecule has 0 saturated heterocycles. The van der Waals surface area contributed by atoms with Gasteiger partial charge < -0.3 is 10.1 Å². The van der Waals surface area contributed by atoms with Gasteiger partial charge in [0.1, 0.15) is 0 Å². The molecule has 0 bridgehead atoms. The van der Waals surface area contributed by atoms with E-state index in [1.54, 1.807) is 6.92 Å². The molecule has 0 radical (unpaired) electrons. The predicted molar refractivity (Wildman–Crippen MR) is 64.8 cm³/mol. The van der Waals surface area contributed by atoms with E-state index in [4.69, 9.17) is 16.3 Å². The highest BCUT2D eigenvalue weighted by Gasteiger charge is 2.09. The first-order valence-electron chi connectivity index (χ1n) is 5.24. The molecule has 1 aromatic rings. The maximum atomic E-state index is 11.1. The van der Waals surface area contributed by atoms with Gasteiger partial charge in [0.2, 0.25) is 0 Å². The van der Waals surface area contributed by atoms with E-state index in [2.05, 4.69) is 5.32 Å². The molecule has 0 aliphatic carbocycles.